The molecule has 1 heterocycles. The van der Waals surface area contributed by atoms with Crippen LogP contribution in [0.1, 0.15) is 21.6 Å². The molecule has 0 saturated heterocycles. The van der Waals surface area contributed by atoms with Gasteiger partial charge in [-0.05, 0) is 36.4 Å². The third kappa shape index (κ3) is 5.00. The topological polar surface area (TPSA) is 77.5 Å². The second-order valence-corrected chi connectivity index (χ2v) is 6.79. The molecule has 0 bridgehead atoms. The summed E-state index contributed by atoms with van der Waals surface area (Å²) in [5, 5.41) is 2.61. The Kier molecular flexibility index (Phi) is 5.33. The summed E-state index contributed by atoms with van der Waals surface area (Å²) in [6, 6.07) is 12.9. The van der Waals surface area contributed by atoms with E-state index < -0.39 is 18.0 Å². The number of carbonyl (C=O) groups is 2. The number of alkyl halides is 3. The lowest BCUT2D eigenvalue weighted by atomic mass is 10.2. The fourth-order valence-electron chi connectivity index (χ4n) is 3.20. The van der Waals surface area contributed by atoms with E-state index in [0.717, 1.165) is 17.7 Å². The number of ether oxygens (including phenoxy) is 2. The van der Waals surface area contributed by atoms with Crippen molar-refractivity contribution < 1.29 is 32.2 Å². The molecule has 0 saturated carbocycles. The molecule has 0 radical (unpaired) electrons. The van der Waals surface area contributed by atoms with Gasteiger partial charge in [0.2, 0.25) is 0 Å². The highest BCUT2D eigenvalue weighted by atomic mass is 19.4. The SMILES string of the molecule is O=C1Cc2nccc(Oc3cccc(NC(=O)c4cccc(OC(F)(F)F)c4)c3)c2C1. The second kappa shape index (κ2) is 8.10. The fraction of sp³-hybridized carbons (Fsp3) is 0.136. The number of ketones is 1. The molecule has 1 aliphatic carbocycles. The number of Topliss-reactive ketones (excluding diaryl/α,β-unsaturated/α-hetero) is 1. The lowest BCUT2D eigenvalue weighted by Crippen LogP contribution is -2.18. The van der Waals surface area contributed by atoms with Crippen molar-refractivity contribution >= 4 is 17.4 Å². The Hall–Kier alpha value is -3.88. The number of carbonyl (C=O) groups excluding carboxylic acids is 2. The number of pyridine rings is 1. The Morgan fingerprint density at radius 1 is 1.00 bits per heavy atom. The Morgan fingerprint density at radius 3 is 2.58 bits per heavy atom. The number of benzene rings is 2. The van der Waals surface area contributed by atoms with Gasteiger partial charge >= 0.3 is 6.36 Å². The van der Waals surface area contributed by atoms with Gasteiger partial charge in [-0.1, -0.05) is 12.1 Å². The highest BCUT2D eigenvalue weighted by molar-refractivity contribution is 6.04. The Labute approximate surface area is 174 Å². The number of halogens is 3. The van der Waals surface area contributed by atoms with Crippen LogP contribution >= 0.6 is 0 Å². The Morgan fingerprint density at radius 2 is 1.77 bits per heavy atom. The van der Waals surface area contributed by atoms with Crippen LogP contribution in [0.3, 0.4) is 0 Å². The number of nitrogens with zero attached hydrogens (tertiary/aromatic N) is 1. The van der Waals surface area contributed by atoms with Crippen molar-refractivity contribution in [2.24, 2.45) is 0 Å². The molecule has 0 aliphatic heterocycles. The van der Waals surface area contributed by atoms with Crippen LogP contribution in [0.2, 0.25) is 0 Å². The predicted molar refractivity (Wildman–Crippen MR) is 104 cm³/mol. The average Bonchev–Trinajstić information content (AvgIpc) is 3.08. The number of amides is 1. The van der Waals surface area contributed by atoms with Crippen molar-refractivity contribution in [2.45, 2.75) is 19.2 Å². The van der Waals surface area contributed by atoms with Crippen LogP contribution in [0.25, 0.3) is 0 Å². The number of aromatic nitrogens is 1. The maximum Gasteiger partial charge on any atom is 0.573 e. The summed E-state index contributed by atoms with van der Waals surface area (Å²) in [7, 11) is 0. The first-order valence-electron chi connectivity index (χ1n) is 9.20. The number of fused-ring (bicyclic) bond motifs is 1. The average molecular weight is 428 g/mol. The molecule has 2 aromatic carbocycles. The first-order valence-corrected chi connectivity index (χ1v) is 9.20. The number of hydrogen-bond acceptors (Lipinski definition) is 5. The zero-order valence-electron chi connectivity index (χ0n) is 15.9. The normalized spacial score (nSPS) is 12.9. The van der Waals surface area contributed by atoms with Crippen molar-refractivity contribution in [1.29, 1.82) is 0 Å². The first-order chi connectivity index (χ1) is 14.8. The lowest BCUT2D eigenvalue weighted by Gasteiger charge is -2.12. The van der Waals surface area contributed by atoms with Crippen molar-refractivity contribution in [2.75, 3.05) is 5.32 Å². The molecular weight excluding hydrogens is 413 g/mol. The molecule has 1 amide bonds. The monoisotopic (exact) mass is 428 g/mol. The molecule has 158 valence electrons. The van der Waals surface area contributed by atoms with E-state index in [1.807, 2.05) is 0 Å². The molecular formula is C22H15F3N2O4. The minimum absolute atomic E-state index is 0.00135. The highest BCUT2D eigenvalue weighted by Gasteiger charge is 2.31. The van der Waals surface area contributed by atoms with E-state index >= 15 is 0 Å². The molecule has 4 rings (SSSR count). The van der Waals surface area contributed by atoms with E-state index in [4.69, 9.17) is 4.74 Å². The Bertz CT molecular complexity index is 1160. The van der Waals surface area contributed by atoms with Gasteiger partial charge in [0.1, 0.15) is 23.0 Å². The van der Waals surface area contributed by atoms with Gasteiger partial charge in [0.25, 0.3) is 5.91 Å². The van der Waals surface area contributed by atoms with Gasteiger partial charge in [0.05, 0.1) is 5.69 Å². The molecule has 0 fully saturated rings. The summed E-state index contributed by atoms with van der Waals surface area (Å²) in [6.45, 7) is 0. The van der Waals surface area contributed by atoms with Crippen molar-refractivity contribution in [3.05, 3.63) is 77.6 Å². The van der Waals surface area contributed by atoms with Crippen LogP contribution in [0.15, 0.2) is 60.8 Å². The van der Waals surface area contributed by atoms with E-state index in [1.54, 1.807) is 36.5 Å². The van der Waals surface area contributed by atoms with Crippen LogP contribution in [-0.4, -0.2) is 23.0 Å². The van der Waals surface area contributed by atoms with E-state index in [2.05, 4.69) is 15.0 Å². The molecule has 31 heavy (non-hydrogen) atoms. The van der Waals surface area contributed by atoms with Crippen LogP contribution < -0.4 is 14.8 Å². The molecule has 1 aliphatic rings. The molecule has 0 spiro atoms. The van der Waals surface area contributed by atoms with Gasteiger partial charge in [0, 0.05) is 41.9 Å². The van der Waals surface area contributed by atoms with Gasteiger partial charge in [-0.15, -0.1) is 13.2 Å². The summed E-state index contributed by atoms with van der Waals surface area (Å²) in [6.07, 6.45) is -2.75. The summed E-state index contributed by atoms with van der Waals surface area (Å²) < 4.78 is 46.9. The van der Waals surface area contributed by atoms with Gasteiger partial charge in [0.15, 0.2) is 0 Å². The maximum absolute atomic E-state index is 12.5. The van der Waals surface area contributed by atoms with Crippen LogP contribution in [0, 0.1) is 0 Å². The molecule has 6 nitrogen and oxygen atoms in total. The molecule has 1 aromatic heterocycles. The summed E-state index contributed by atoms with van der Waals surface area (Å²) in [4.78, 5) is 28.4. The molecule has 3 aromatic rings. The standard InChI is InChI=1S/C22H15F3N2O4/c23-22(24,25)31-17-6-1-3-13(9-17)21(29)27-14-4-2-5-16(10-14)30-20-7-8-26-19-12-15(28)11-18(19)20/h1-10H,11-12H2,(H,27,29). The minimum Gasteiger partial charge on any atom is -0.457 e. The third-order valence-corrected chi connectivity index (χ3v) is 4.49. The minimum atomic E-state index is -4.85. The predicted octanol–water partition coefficient (Wildman–Crippen LogP) is 4.69. The van der Waals surface area contributed by atoms with Crippen LogP contribution in [-0.2, 0) is 17.6 Å². The molecule has 0 unspecified atom stereocenters. The largest absolute Gasteiger partial charge is 0.573 e. The number of rotatable bonds is 5. The van der Waals surface area contributed by atoms with Gasteiger partial charge < -0.3 is 14.8 Å². The third-order valence-electron chi connectivity index (χ3n) is 4.49. The molecule has 0 atom stereocenters. The van der Waals surface area contributed by atoms with Gasteiger partial charge in [-0.3, -0.25) is 14.6 Å². The number of hydrogen-bond donors (Lipinski definition) is 1. The van der Waals surface area contributed by atoms with E-state index in [-0.39, 0.29) is 24.2 Å². The number of nitrogens with one attached hydrogen (secondary N) is 1. The van der Waals surface area contributed by atoms with Crippen molar-refractivity contribution in [1.82, 2.24) is 4.98 Å². The summed E-state index contributed by atoms with van der Waals surface area (Å²) in [5.41, 5.74) is 1.81. The highest BCUT2D eigenvalue weighted by Crippen LogP contribution is 2.32. The number of anilines is 1. The zero-order chi connectivity index (χ0) is 22.0. The van der Waals surface area contributed by atoms with E-state index in [0.29, 0.717) is 22.9 Å². The quantitative estimate of drug-likeness (QED) is 0.638. The Balaban J connectivity index is 1.49. The van der Waals surface area contributed by atoms with E-state index in [9.17, 15) is 22.8 Å². The molecule has 1 N–H and O–H groups in total. The fourth-order valence-corrected chi connectivity index (χ4v) is 3.20. The molecule has 9 heteroatoms. The van der Waals surface area contributed by atoms with Gasteiger partial charge in [-0.25, -0.2) is 0 Å². The first kappa shape index (κ1) is 20.4. The van der Waals surface area contributed by atoms with E-state index in [1.165, 1.54) is 12.1 Å². The van der Waals surface area contributed by atoms with Crippen molar-refractivity contribution in [3.8, 4) is 17.2 Å². The lowest BCUT2D eigenvalue weighted by molar-refractivity contribution is -0.274. The van der Waals surface area contributed by atoms with Gasteiger partial charge in [-0.2, -0.15) is 0 Å². The smallest absolute Gasteiger partial charge is 0.457 e. The second-order valence-electron chi connectivity index (χ2n) is 6.79. The summed E-state index contributed by atoms with van der Waals surface area (Å²) in [5.74, 6) is -0.106. The maximum atomic E-state index is 12.5. The zero-order valence-corrected chi connectivity index (χ0v) is 15.9. The van der Waals surface area contributed by atoms with Crippen molar-refractivity contribution in [3.63, 3.8) is 0 Å². The van der Waals surface area contributed by atoms with Crippen LogP contribution in [0.5, 0.6) is 17.2 Å². The van der Waals surface area contributed by atoms with Crippen LogP contribution in [0.4, 0.5) is 18.9 Å². The summed E-state index contributed by atoms with van der Waals surface area (Å²) >= 11 is 0.